The van der Waals surface area contributed by atoms with Crippen LogP contribution in [0.2, 0.25) is 0 Å². The van der Waals surface area contributed by atoms with Gasteiger partial charge in [-0.15, -0.1) is 0 Å². The first-order valence-electron chi connectivity index (χ1n) is 30.4. The van der Waals surface area contributed by atoms with Crippen LogP contribution in [0.5, 0.6) is 0 Å². The maximum absolute atomic E-state index is 9.59. The summed E-state index contributed by atoms with van der Waals surface area (Å²) in [5.74, 6) is 1.27. The van der Waals surface area contributed by atoms with Gasteiger partial charge >= 0.3 is 0 Å². The van der Waals surface area contributed by atoms with Gasteiger partial charge in [-0.3, -0.25) is 0 Å². The number of ether oxygens (including phenoxy) is 4. The Balaban J connectivity index is 0.000000534. The molecule has 8 bridgehead atoms. The Kier molecular flexibility index (Phi) is 25.9. The van der Waals surface area contributed by atoms with Gasteiger partial charge in [0.15, 0.2) is 0 Å². The SMILES string of the molecule is [2H][C@@H](C)C12CC([C@H](C)O1)[C@@H]2O.[2H][C@@H](C)C12CC([C@H](C)O1)[C@@H]2OP(OCC[N+]#[C-])N(C(C)C)C(C)C.[2H][C@H](C)C12CC([C@H](C)O1)[C@@H]2O.[2H][C@H](C)C12CC([C@H](C)O1)[C@@H]2OP(OCC[N+]#[C-])N(C(C)C)C(C)C.[3H]OC.[3H]OC.[3H]OC.[3H]OC. The largest absolute Gasteiger partial charge is 0.400 e. The van der Waals surface area contributed by atoms with Crippen LogP contribution in [-0.2, 0) is 37.0 Å². The maximum atomic E-state index is 9.59. The second kappa shape index (κ2) is 33.1. The molecule has 20 heteroatoms. The van der Waals surface area contributed by atoms with Gasteiger partial charge in [0.1, 0.15) is 13.2 Å². The first-order valence-corrected chi connectivity index (χ1v) is 28.7. The van der Waals surface area contributed by atoms with E-state index in [9.17, 15) is 10.2 Å². The van der Waals surface area contributed by atoms with Crippen LogP contribution in [0.25, 0.3) is 9.69 Å². The lowest BCUT2D eigenvalue weighted by atomic mass is 9.68. The number of hydrogen-bond acceptors (Lipinski definition) is 16. The quantitative estimate of drug-likeness (QED) is 0.0382. The van der Waals surface area contributed by atoms with Crippen LogP contribution in [0, 0.1) is 36.8 Å². The summed E-state index contributed by atoms with van der Waals surface area (Å²) in [7, 11) is 2.63. The molecular weight excluding hydrogens is 991 g/mol. The van der Waals surface area contributed by atoms with E-state index in [0.717, 1.165) is 25.7 Å². The standard InChI is InChI=1S/2C17H31N2O3P.2C8H14O2.4CH4O/c2*1-8-17-11-15(14(6)21-17)16(17)22-23(20-10-9-18-7)19(12(2)3)13(4)5;2*1-3-8-4-6(7(8)9)5(2)10-8;4*1-2/h2*12-16H,8-11H2,1-6H3;2*5-7,9H,3-4H2,1-2H3;4*2H,1H3/t2*14-,15?,16-,17?,23?;2*5-,6?,7-,8?;;;;/m0000..../s1/i2*8D;2*3D;4*2T/t8-,14+,15?,16+,17?,23?;8-,14-,15?,16-,17?,23?;3-,5+,6?,7+,8?;3-,5-,6?,7-,8?;;;;/m1010..... The van der Waals surface area contributed by atoms with Crippen LogP contribution in [0.15, 0.2) is 0 Å². The van der Waals surface area contributed by atoms with E-state index in [0.29, 0.717) is 50.0 Å². The minimum atomic E-state index is -1.27. The van der Waals surface area contributed by atoms with Crippen LogP contribution in [-0.4, -0.2) is 196 Å². The van der Waals surface area contributed by atoms with Crippen LogP contribution in [0.3, 0.4) is 0 Å². The monoisotopic (exact) mass is 1110 g/mol. The zero-order chi connectivity index (χ0) is 63.4. The van der Waals surface area contributed by atoms with Crippen molar-refractivity contribution >= 4 is 17.1 Å². The third kappa shape index (κ3) is 15.8. The van der Waals surface area contributed by atoms with Gasteiger partial charge in [0, 0.05) is 81.8 Å². The summed E-state index contributed by atoms with van der Waals surface area (Å²) in [6, 6.07) is 1.13. The molecule has 8 aliphatic heterocycles. The molecule has 4 aliphatic carbocycles. The highest BCUT2D eigenvalue weighted by atomic mass is 31.2. The Bertz CT molecular complexity index is 1730. The van der Waals surface area contributed by atoms with Crippen molar-refractivity contribution < 1.29 is 73.2 Å². The highest BCUT2D eigenvalue weighted by Gasteiger charge is 2.67. The summed E-state index contributed by atoms with van der Waals surface area (Å²) in [4.78, 5) is 6.75. The lowest BCUT2D eigenvalue weighted by Gasteiger charge is -2.47. The fraction of sp³-hybridized carbons (Fsp3) is 0.963. The average Bonchev–Trinajstić information content (AvgIpc) is 4.35. The number of nitrogens with zero attached hydrogens (tertiary/aromatic N) is 4. The van der Waals surface area contributed by atoms with Gasteiger partial charge in [-0.2, -0.15) is 0 Å². The Labute approximate surface area is 463 Å². The third-order valence-corrected chi connectivity index (χ3v) is 19.7. The first-order chi connectivity index (χ1) is 38.3. The summed E-state index contributed by atoms with van der Waals surface area (Å²) in [6.45, 7) is 47.9. The molecule has 8 saturated heterocycles. The molecule has 74 heavy (non-hydrogen) atoms. The van der Waals surface area contributed by atoms with E-state index in [1.807, 2.05) is 27.7 Å². The van der Waals surface area contributed by atoms with Gasteiger partial charge in [0.05, 0.1) is 71.2 Å². The van der Waals surface area contributed by atoms with Crippen LogP contribution >= 0.6 is 17.1 Å². The summed E-state index contributed by atoms with van der Waals surface area (Å²) in [5, 5.41) is 33.2. The number of fused-ring (bicyclic) bond motifs is 4. The molecule has 8 heterocycles. The molecule has 0 radical (unpaired) electrons. The van der Waals surface area contributed by atoms with E-state index in [2.05, 4.69) is 109 Å². The maximum Gasteiger partial charge on any atom is 0.259 e. The molecule has 0 amide bonds. The second-order valence-corrected chi connectivity index (χ2v) is 23.5. The highest BCUT2D eigenvalue weighted by molar-refractivity contribution is 7.44. The Morgan fingerprint density at radius 1 is 0.541 bits per heavy atom. The van der Waals surface area contributed by atoms with Crippen molar-refractivity contribution in [2.45, 2.75) is 257 Å². The topological polar surface area (TPSA) is 210 Å². The Morgan fingerprint density at radius 2 is 0.784 bits per heavy atom. The van der Waals surface area contributed by atoms with E-state index in [1.165, 1.54) is 28.4 Å². The fourth-order valence-corrected chi connectivity index (χ4v) is 15.2. The summed E-state index contributed by atoms with van der Waals surface area (Å²) in [6.07, 6.45) is 1.92. The first kappa shape index (κ1) is 57.9. The van der Waals surface area contributed by atoms with Crippen LogP contribution < -0.4 is 0 Å². The molecule has 22 atom stereocenters. The molecule has 12 aliphatic rings. The lowest BCUT2D eigenvalue weighted by Crippen LogP contribution is -2.53. The second-order valence-electron chi connectivity index (χ2n) is 20.7. The molecular formula is C54H106N4O14P2. The normalized spacial score (nSPS) is 40.5. The van der Waals surface area contributed by atoms with Gasteiger partial charge in [-0.25, -0.2) is 22.5 Å². The predicted octanol–water partition coefficient (Wildman–Crippen LogP) is 8.78. The van der Waals surface area contributed by atoms with Gasteiger partial charge in [-0.05, 0) is 134 Å². The Hall–Kier alpha value is -0.800. The summed E-state index contributed by atoms with van der Waals surface area (Å²) >= 11 is 0. The number of hydrogen-bond donors (Lipinski definition) is 6. The Morgan fingerprint density at radius 3 is 0.959 bits per heavy atom. The lowest BCUT2D eigenvalue weighted by molar-refractivity contribution is -0.112. The van der Waals surface area contributed by atoms with E-state index >= 15 is 0 Å². The van der Waals surface area contributed by atoms with Crippen molar-refractivity contribution in [2.24, 2.45) is 23.7 Å². The smallest absolute Gasteiger partial charge is 0.259 e. The van der Waals surface area contributed by atoms with Gasteiger partial charge in [0.25, 0.3) is 17.1 Å². The molecule has 0 aromatic rings. The van der Waals surface area contributed by atoms with Gasteiger partial charge in [0.2, 0.25) is 18.8 Å². The minimum Gasteiger partial charge on any atom is -0.400 e. The van der Waals surface area contributed by atoms with Gasteiger partial charge in [-0.1, -0.05) is 27.7 Å². The fourth-order valence-electron chi connectivity index (χ4n) is 11.6. The van der Waals surface area contributed by atoms with Crippen molar-refractivity contribution in [1.29, 1.82) is 5.72 Å². The van der Waals surface area contributed by atoms with Gasteiger partial charge < -0.3 is 77.4 Å². The van der Waals surface area contributed by atoms with E-state index < -0.39 is 39.5 Å². The molecule has 10 unspecified atom stereocenters. The average molecular weight is 1110 g/mol. The van der Waals surface area contributed by atoms with Crippen molar-refractivity contribution in [2.75, 3.05) is 54.7 Å². The molecule has 6 N–H and O–H groups in total. The van der Waals surface area contributed by atoms with Crippen molar-refractivity contribution in [3.05, 3.63) is 22.8 Å². The molecule has 0 spiro atoms. The molecule has 0 aromatic heterocycles. The third-order valence-electron chi connectivity index (χ3n) is 15.5. The van der Waals surface area contributed by atoms with Crippen molar-refractivity contribution in [1.82, 2.24) is 9.34 Å². The van der Waals surface area contributed by atoms with Crippen LogP contribution in [0.4, 0.5) is 0 Å². The van der Waals surface area contributed by atoms with E-state index in [-0.39, 0.29) is 98.6 Å². The zero-order valence-electron chi connectivity index (χ0n) is 56.7. The molecule has 12 fully saturated rings. The highest BCUT2D eigenvalue weighted by Crippen LogP contribution is 2.63. The summed E-state index contributed by atoms with van der Waals surface area (Å²) < 4.78 is 107. The molecule has 436 valence electrons. The van der Waals surface area contributed by atoms with Crippen molar-refractivity contribution in [3.8, 4) is 0 Å². The van der Waals surface area contributed by atoms with Crippen molar-refractivity contribution in [3.63, 3.8) is 0 Å². The number of rotatable bonds is 20. The molecule has 0 aromatic carbocycles. The predicted molar refractivity (Wildman–Crippen MR) is 294 cm³/mol. The minimum absolute atomic E-state index is 0.0842. The zero-order valence-corrected chi connectivity index (χ0v) is 50.5. The van der Waals surface area contributed by atoms with E-state index in [1.54, 1.807) is 13.8 Å². The van der Waals surface area contributed by atoms with Crippen LogP contribution in [0.1, 0.15) is 168 Å². The number of aliphatic hydroxyl groups is 6. The molecule has 18 nitrogen and oxygen atoms in total. The van der Waals surface area contributed by atoms with E-state index in [4.69, 9.17) is 61.4 Å². The molecule has 4 saturated carbocycles. The summed E-state index contributed by atoms with van der Waals surface area (Å²) in [5.41, 5.74) is -2.00. The number of aliphatic hydroxyl groups excluding tert-OH is 6. The molecule has 12 rings (SSSR count).